The van der Waals surface area contributed by atoms with Gasteiger partial charge in [-0.3, -0.25) is 0 Å². The first-order chi connectivity index (χ1) is 7.64. The number of nitrogens with zero attached hydrogens (tertiary/aromatic N) is 1. The minimum atomic E-state index is 0.0492. The Labute approximate surface area is 105 Å². The maximum Gasteiger partial charge on any atom is 0.192 e. The third-order valence-electron chi connectivity index (χ3n) is 3.00. The third-order valence-corrected chi connectivity index (χ3v) is 3.00. The van der Waals surface area contributed by atoms with E-state index in [2.05, 4.69) is 58.7 Å². The quantitative estimate of drug-likeness (QED) is 0.612. The smallest absolute Gasteiger partial charge is 0.192 e. The van der Waals surface area contributed by atoms with E-state index in [1.807, 2.05) is 0 Å². The molecule has 96 valence electrons. The average molecular weight is 235 g/mol. The lowest BCUT2D eigenvalue weighted by Gasteiger charge is -2.22. The standard InChI is InChI=1S/C15H25NO/c1-14(2,3)11-8-9-12(15(4,5)6)16-13(10-11)17-7/h8-9H,10H2,1-7H3. The summed E-state index contributed by atoms with van der Waals surface area (Å²) in [6.07, 6.45) is 5.14. The number of hydrogen-bond donors (Lipinski definition) is 0. The molecule has 0 bridgehead atoms. The van der Waals surface area contributed by atoms with Gasteiger partial charge in [0.2, 0.25) is 0 Å². The molecule has 0 atom stereocenters. The molecule has 0 aromatic rings. The number of rotatable bonds is 0. The highest BCUT2D eigenvalue weighted by atomic mass is 16.5. The van der Waals surface area contributed by atoms with Gasteiger partial charge in [-0.1, -0.05) is 53.2 Å². The van der Waals surface area contributed by atoms with E-state index in [0.717, 1.165) is 18.0 Å². The molecule has 0 aliphatic carbocycles. The molecule has 0 unspecified atom stereocenters. The van der Waals surface area contributed by atoms with Crippen LogP contribution in [0.5, 0.6) is 0 Å². The maximum atomic E-state index is 5.39. The first-order valence-corrected chi connectivity index (χ1v) is 6.18. The molecular weight excluding hydrogens is 210 g/mol. The molecular formula is C15H25NO. The minimum Gasteiger partial charge on any atom is -0.484 e. The largest absolute Gasteiger partial charge is 0.484 e. The zero-order valence-corrected chi connectivity index (χ0v) is 12.2. The molecule has 1 rings (SSSR count). The van der Waals surface area contributed by atoms with Crippen molar-refractivity contribution in [1.82, 2.24) is 0 Å². The van der Waals surface area contributed by atoms with Crippen molar-refractivity contribution in [3.8, 4) is 0 Å². The highest BCUT2D eigenvalue weighted by molar-refractivity contribution is 5.80. The lowest BCUT2D eigenvalue weighted by molar-refractivity contribution is 0.382. The van der Waals surface area contributed by atoms with Gasteiger partial charge in [0.1, 0.15) is 0 Å². The van der Waals surface area contributed by atoms with Crippen molar-refractivity contribution in [3.05, 3.63) is 23.4 Å². The SMILES string of the molecule is COC1=NC(C(C)(C)C)=CC=C(C(C)(C)C)C1. The monoisotopic (exact) mass is 235 g/mol. The van der Waals surface area contributed by atoms with E-state index in [9.17, 15) is 0 Å². The second-order valence-corrected chi connectivity index (χ2v) is 6.63. The van der Waals surface area contributed by atoms with Crippen LogP contribution >= 0.6 is 0 Å². The molecule has 0 aromatic heterocycles. The number of hydrogen-bond acceptors (Lipinski definition) is 2. The molecule has 0 amide bonds. The summed E-state index contributed by atoms with van der Waals surface area (Å²) in [5.41, 5.74) is 2.64. The molecule has 1 heterocycles. The summed E-state index contributed by atoms with van der Waals surface area (Å²) in [6.45, 7) is 13.2. The molecule has 1 aliphatic heterocycles. The predicted molar refractivity (Wildman–Crippen MR) is 74.1 cm³/mol. The van der Waals surface area contributed by atoms with Crippen LogP contribution in [0, 0.1) is 10.8 Å². The Bertz CT molecular complexity index is 373. The highest BCUT2D eigenvalue weighted by Crippen LogP contribution is 2.34. The van der Waals surface area contributed by atoms with Gasteiger partial charge in [-0.05, 0) is 11.5 Å². The minimum absolute atomic E-state index is 0.0492. The molecule has 0 fully saturated rings. The Hall–Kier alpha value is -1.05. The predicted octanol–water partition coefficient (Wildman–Crippen LogP) is 4.34. The van der Waals surface area contributed by atoms with Crippen molar-refractivity contribution in [2.75, 3.05) is 7.11 Å². The van der Waals surface area contributed by atoms with Crippen LogP contribution in [0.15, 0.2) is 28.4 Å². The molecule has 2 nitrogen and oxygen atoms in total. The topological polar surface area (TPSA) is 21.6 Å². The Morgan fingerprint density at radius 3 is 2.00 bits per heavy atom. The molecule has 0 saturated heterocycles. The molecule has 0 spiro atoms. The van der Waals surface area contributed by atoms with E-state index in [0.29, 0.717) is 0 Å². The van der Waals surface area contributed by atoms with Crippen LogP contribution in [0.1, 0.15) is 48.0 Å². The van der Waals surface area contributed by atoms with E-state index >= 15 is 0 Å². The van der Waals surface area contributed by atoms with E-state index in [4.69, 9.17) is 4.74 Å². The zero-order valence-electron chi connectivity index (χ0n) is 12.2. The van der Waals surface area contributed by atoms with Gasteiger partial charge in [0, 0.05) is 17.5 Å². The van der Waals surface area contributed by atoms with Crippen LogP contribution in [0.2, 0.25) is 0 Å². The number of ether oxygens (including phenoxy) is 1. The van der Waals surface area contributed by atoms with Gasteiger partial charge in [0.05, 0.1) is 7.11 Å². The molecule has 2 heteroatoms. The van der Waals surface area contributed by atoms with Crippen molar-refractivity contribution in [1.29, 1.82) is 0 Å². The molecule has 1 aliphatic rings. The van der Waals surface area contributed by atoms with Crippen molar-refractivity contribution >= 4 is 5.90 Å². The van der Waals surface area contributed by atoms with Crippen molar-refractivity contribution < 1.29 is 4.74 Å². The summed E-state index contributed by atoms with van der Waals surface area (Å²) in [4.78, 5) is 4.63. The first-order valence-electron chi connectivity index (χ1n) is 6.18. The van der Waals surface area contributed by atoms with Gasteiger partial charge in [-0.25, -0.2) is 4.99 Å². The summed E-state index contributed by atoms with van der Waals surface area (Å²) < 4.78 is 5.39. The second kappa shape index (κ2) is 4.67. The Morgan fingerprint density at radius 1 is 1.00 bits per heavy atom. The molecule has 0 radical (unpaired) electrons. The Morgan fingerprint density at radius 2 is 1.59 bits per heavy atom. The summed E-state index contributed by atoms with van der Waals surface area (Å²) in [5, 5.41) is 0. The Balaban J connectivity index is 3.18. The van der Waals surface area contributed by atoms with Gasteiger partial charge < -0.3 is 4.74 Å². The lowest BCUT2D eigenvalue weighted by Crippen LogP contribution is -2.14. The molecule has 0 N–H and O–H groups in total. The third kappa shape index (κ3) is 3.72. The van der Waals surface area contributed by atoms with Crippen LogP contribution in [0.4, 0.5) is 0 Å². The second-order valence-electron chi connectivity index (χ2n) is 6.63. The van der Waals surface area contributed by atoms with Crippen molar-refractivity contribution in [2.24, 2.45) is 15.8 Å². The van der Waals surface area contributed by atoms with Crippen molar-refractivity contribution in [3.63, 3.8) is 0 Å². The fraction of sp³-hybridized carbons (Fsp3) is 0.667. The average Bonchev–Trinajstić information content (AvgIpc) is 2.37. The Kier molecular flexibility index (Phi) is 3.85. The molecule has 0 aromatic carbocycles. The number of allylic oxidation sites excluding steroid dienone is 3. The van der Waals surface area contributed by atoms with Gasteiger partial charge >= 0.3 is 0 Å². The fourth-order valence-electron chi connectivity index (χ4n) is 1.66. The first kappa shape index (κ1) is 14.0. The summed E-state index contributed by atoms with van der Waals surface area (Å²) in [6, 6.07) is 0. The van der Waals surface area contributed by atoms with Crippen LogP contribution < -0.4 is 0 Å². The maximum absolute atomic E-state index is 5.39. The number of methoxy groups -OCH3 is 1. The normalized spacial score (nSPS) is 17.9. The van der Waals surface area contributed by atoms with Crippen LogP contribution in [0.25, 0.3) is 0 Å². The molecule has 17 heavy (non-hydrogen) atoms. The zero-order chi connectivity index (χ0) is 13.3. The summed E-state index contributed by atoms with van der Waals surface area (Å²) in [5.74, 6) is 0.810. The summed E-state index contributed by atoms with van der Waals surface area (Å²) >= 11 is 0. The van der Waals surface area contributed by atoms with E-state index < -0.39 is 0 Å². The molecule has 0 saturated carbocycles. The van der Waals surface area contributed by atoms with E-state index in [-0.39, 0.29) is 10.8 Å². The van der Waals surface area contributed by atoms with Gasteiger partial charge in [0.25, 0.3) is 0 Å². The van der Waals surface area contributed by atoms with E-state index in [1.54, 1.807) is 7.11 Å². The fourth-order valence-corrected chi connectivity index (χ4v) is 1.66. The van der Waals surface area contributed by atoms with Crippen LogP contribution in [-0.4, -0.2) is 13.0 Å². The van der Waals surface area contributed by atoms with Crippen LogP contribution in [-0.2, 0) is 4.74 Å². The van der Waals surface area contributed by atoms with Crippen molar-refractivity contribution in [2.45, 2.75) is 48.0 Å². The summed E-state index contributed by atoms with van der Waals surface area (Å²) in [7, 11) is 1.70. The van der Waals surface area contributed by atoms with E-state index in [1.165, 1.54) is 5.57 Å². The number of aliphatic imine (C=N–C) groups is 1. The van der Waals surface area contributed by atoms with Gasteiger partial charge in [0.15, 0.2) is 5.90 Å². The van der Waals surface area contributed by atoms with Gasteiger partial charge in [-0.15, -0.1) is 0 Å². The van der Waals surface area contributed by atoms with Gasteiger partial charge in [-0.2, -0.15) is 0 Å². The lowest BCUT2D eigenvalue weighted by atomic mass is 9.84. The van der Waals surface area contributed by atoms with Crippen LogP contribution in [0.3, 0.4) is 0 Å². The highest BCUT2D eigenvalue weighted by Gasteiger charge is 2.23.